The molecule has 0 nitrogen and oxygen atoms in total. The SMILES string of the molecule is C[C@@H]1C[C@@H](C)[C@H](F)C1. The highest BCUT2D eigenvalue weighted by molar-refractivity contribution is 4.77. The Kier molecular flexibility index (Phi) is 1.54. The predicted octanol–water partition coefficient (Wildman–Crippen LogP) is 2.39. The first-order valence-electron chi connectivity index (χ1n) is 3.34. The van der Waals surface area contributed by atoms with Crippen molar-refractivity contribution >= 4 is 0 Å². The van der Waals surface area contributed by atoms with Gasteiger partial charge < -0.3 is 0 Å². The summed E-state index contributed by atoms with van der Waals surface area (Å²) in [6.45, 7) is 4.12. The molecule has 1 heteroatoms. The van der Waals surface area contributed by atoms with Crippen LogP contribution in [0.2, 0.25) is 0 Å². The predicted molar refractivity (Wildman–Crippen MR) is 32.5 cm³/mol. The van der Waals surface area contributed by atoms with Crippen molar-refractivity contribution in [3.8, 4) is 0 Å². The first kappa shape index (κ1) is 6.06. The summed E-state index contributed by atoms with van der Waals surface area (Å²) < 4.78 is 12.6. The largest absolute Gasteiger partial charge is 0.247 e. The Morgan fingerprint density at radius 3 is 2.00 bits per heavy atom. The Morgan fingerprint density at radius 1 is 1.25 bits per heavy atom. The van der Waals surface area contributed by atoms with Crippen LogP contribution in [0.25, 0.3) is 0 Å². The minimum absolute atomic E-state index is 0.324. The summed E-state index contributed by atoms with van der Waals surface area (Å²) in [5.74, 6) is 0.949. The molecule has 0 aliphatic heterocycles. The summed E-state index contributed by atoms with van der Waals surface area (Å²) in [5.41, 5.74) is 0. The van der Waals surface area contributed by atoms with Gasteiger partial charge in [-0.2, -0.15) is 0 Å². The van der Waals surface area contributed by atoms with Crippen LogP contribution in [-0.2, 0) is 0 Å². The van der Waals surface area contributed by atoms with Crippen LogP contribution in [0.4, 0.5) is 4.39 Å². The summed E-state index contributed by atoms with van der Waals surface area (Å²) in [5, 5.41) is 0. The normalized spacial score (nSPS) is 47.6. The standard InChI is InChI=1S/C7H13F/c1-5-3-6(2)7(8)4-5/h5-7H,3-4H2,1-2H3/t5-,6-,7-/m1/s1. The van der Waals surface area contributed by atoms with E-state index in [1.807, 2.05) is 6.92 Å². The van der Waals surface area contributed by atoms with Crippen LogP contribution in [0, 0.1) is 11.8 Å². The van der Waals surface area contributed by atoms with Crippen molar-refractivity contribution in [3.63, 3.8) is 0 Å². The monoisotopic (exact) mass is 116 g/mol. The second-order valence-electron chi connectivity index (χ2n) is 3.07. The van der Waals surface area contributed by atoms with Gasteiger partial charge in [0.15, 0.2) is 0 Å². The maximum atomic E-state index is 12.6. The maximum absolute atomic E-state index is 12.6. The molecule has 0 amide bonds. The number of halogens is 1. The van der Waals surface area contributed by atoms with Gasteiger partial charge in [-0.1, -0.05) is 13.8 Å². The minimum Gasteiger partial charge on any atom is -0.247 e. The van der Waals surface area contributed by atoms with Gasteiger partial charge in [0.1, 0.15) is 6.17 Å². The number of hydrogen-bond acceptors (Lipinski definition) is 0. The van der Waals surface area contributed by atoms with Crippen molar-refractivity contribution in [2.45, 2.75) is 32.9 Å². The fourth-order valence-electron chi connectivity index (χ4n) is 1.50. The lowest BCUT2D eigenvalue weighted by molar-refractivity contribution is 0.276. The third kappa shape index (κ3) is 1.01. The van der Waals surface area contributed by atoms with Crippen molar-refractivity contribution in [2.75, 3.05) is 0 Å². The Hall–Kier alpha value is -0.0700. The molecule has 0 saturated heterocycles. The van der Waals surface area contributed by atoms with E-state index in [4.69, 9.17) is 0 Å². The van der Waals surface area contributed by atoms with Gasteiger partial charge in [0.2, 0.25) is 0 Å². The highest BCUT2D eigenvalue weighted by atomic mass is 19.1. The average Bonchev–Trinajstić information content (AvgIpc) is 1.85. The lowest BCUT2D eigenvalue weighted by Gasteiger charge is -2.00. The van der Waals surface area contributed by atoms with Gasteiger partial charge in [-0.15, -0.1) is 0 Å². The Labute approximate surface area is 50.1 Å². The Balaban J connectivity index is 2.39. The van der Waals surface area contributed by atoms with E-state index in [2.05, 4.69) is 6.92 Å². The molecular formula is C7H13F. The molecule has 0 aromatic heterocycles. The summed E-state index contributed by atoms with van der Waals surface area (Å²) in [6, 6.07) is 0. The summed E-state index contributed by atoms with van der Waals surface area (Å²) in [6.07, 6.45) is 1.37. The van der Waals surface area contributed by atoms with Crippen LogP contribution >= 0.6 is 0 Å². The van der Waals surface area contributed by atoms with Crippen LogP contribution in [0.1, 0.15) is 26.7 Å². The first-order valence-corrected chi connectivity index (χ1v) is 3.34. The Bertz CT molecular complexity index is 70.5. The molecule has 1 rings (SSSR count). The van der Waals surface area contributed by atoms with Gasteiger partial charge in [-0.3, -0.25) is 0 Å². The van der Waals surface area contributed by atoms with Gasteiger partial charge >= 0.3 is 0 Å². The third-order valence-electron chi connectivity index (χ3n) is 2.02. The topological polar surface area (TPSA) is 0 Å². The number of alkyl halides is 1. The van der Waals surface area contributed by atoms with E-state index in [-0.39, 0.29) is 0 Å². The smallest absolute Gasteiger partial charge is 0.103 e. The molecule has 0 heterocycles. The molecule has 0 bridgehead atoms. The zero-order valence-electron chi connectivity index (χ0n) is 5.52. The summed E-state index contributed by atoms with van der Waals surface area (Å²) >= 11 is 0. The van der Waals surface area contributed by atoms with Gasteiger partial charge in [-0.25, -0.2) is 4.39 Å². The molecule has 0 N–H and O–H groups in total. The van der Waals surface area contributed by atoms with Crippen LogP contribution < -0.4 is 0 Å². The summed E-state index contributed by atoms with van der Waals surface area (Å²) in [7, 11) is 0. The van der Waals surface area contributed by atoms with Crippen LogP contribution in [-0.4, -0.2) is 6.17 Å². The van der Waals surface area contributed by atoms with E-state index in [0.717, 1.165) is 12.8 Å². The second-order valence-corrected chi connectivity index (χ2v) is 3.07. The number of hydrogen-bond donors (Lipinski definition) is 0. The van der Waals surface area contributed by atoms with E-state index in [1.54, 1.807) is 0 Å². The summed E-state index contributed by atoms with van der Waals surface area (Å²) in [4.78, 5) is 0. The molecule has 1 fully saturated rings. The molecule has 0 radical (unpaired) electrons. The lowest BCUT2D eigenvalue weighted by Crippen LogP contribution is -2.01. The average molecular weight is 116 g/mol. The molecule has 1 aliphatic rings. The molecule has 0 unspecified atom stereocenters. The lowest BCUT2D eigenvalue weighted by atomic mass is 10.1. The number of rotatable bonds is 0. The molecule has 0 aromatic rings. The van der Waals surface area contributed by atoms with Crippen molar-refractivity contribution in [2.24, 2.45) is 11.8 Å². The molecule has 1 saturated carbocycles. The minimum atomic E-state index is -0.509. The van der Waals surface area contributed by atoms with Gasteiger partial charge in [0.05, 0.1) is 0 Å². The van der Waals surface area contributed by atoms with Gasteiger partial charge in [0.25, 0.3) is 0 Å². The molecule has 3 atom stereocenters. The zero-order chi connectivity index (χ0) is 6.15. The fourth-order valence-corrected chi connectivity index (χ4v) is 1.50. The molecule has 8 heavy (non-hydrogen) atoms. The van der Waals surface area contributed by atoms with E-state index in [9.17, 15) is 4.39 Å². The highest BCUT2D eigenvalue weighted by Gasteiger charge is 2.27. The van der Waals surface area contributed by atoms with E-state index in [0.29, 0.717) is 11.8 Å². The van der Waals surface area contributed by atoms with Crippen LogP contribution in [0.3, 0.4) is 0 Å². The van der Waals surface area contributed by atoms with Gasteiger partial charge in [-0.05, 0) is 24.7 Å². The van der Waals surface area contributed by atoms with Crippen LogP contribution in [0.5, 0.6) is 0 Å². The molecular weight excluding hydrogens is 103 g/mol. The van der Waals surface area contributed by atoms with Crippen LogP contribution in [0.15, 0.2) is 0 Å². The van der Waals surface area contributed by atoms with E-state index >= 15 is 0 Å². The second kappa shape index (κ2) is 2.04. The molecule has 0 spiro atoms. The molecule has 0 aromatic carbocycles. The zero-order valence-corrected chi connectivity index (χ0v) is 5.52. The quantitative estimate of drug-likeness (QED) is 0.456. The van der Waals surface area contributed by atoms with Gasteiger partial charge in [0, 0.05) is 0 Å². The molecule has 48 valence electrons. The fraction of sp³-hybridized carbons (Fsp3) is 1.00. The Morgan fingerprint density at radius 2 is 1.88 bits per heavy atom. The van der Waals surface area contributed by atoms with Crippen molar-refractivity contribution < 1.29 is 4.39 Å². The highest BCUT2D eigenvalue weighted by Crippen LogP contribution is 2.32. The van der Waals surface area contributed by atoms with E-state index in [1.165, 1.54) is 0 Å². The maximum Gasteiger partial charge on any atom is 0.103 e. The first-order chi connectivity index (χ1) is 3.70. The van der Waals surface area contributed by atoms with Crippen molar-refractivity contribution in [3.05, 3.63) is 0 Å². The van der Waals surface area contributed by atoms with E-state index < -0.39 is 6.17 Å². The van der Waals surface area contributed by atoms with Crippen molar-refractivity contribution in [1.82, 2.24) is 0 Å². The molecule has 1 aliphatic carbocycles. The van der Waals surface area contributed by atoms with Crippen molar-refractivity contribution in [1.29, 1.82) is 0 Å². The third-order valence-corrected chi connectivity index (χ3v) is 2.02.